The number of hydrogen-bond acceptors (Lipinski definition) is 7. The molecule has 4 N–H and O–H groups in total. The molecule has 0 unspecified atom stereocenters. The lowest BCUT2D eigenvalue weighted by atomic mass is 10.0. The van der Waals surface area contributed by atoms with E-state index < -0.39 is 10.0 Å². The quantitative estimate of drug-likeness (QED) is 0.446. The van der Waals surface area contributed by atoms with E-state index in [0.717, 1.165) is 16.9 Å². The maximum atomic E-state index is 12.0. The minimum atomic E-state index is -3.57. The highest BCUT2D eigenvalue weighted by Gasteiger charge is 2.16. The van der Waals surface area contributed by atoms with E-state index in [0.29, 0.717) is 29.4 Å². The second-order valence-electron chi connectivity index (χ2n) is 6.80. The lowest BCUT2D eigenvalue weighted by Gasteiger charge is -2.18. The number of anilines is 5. The summed E-state index contributed by atoms with van der Waals surface area (Å²) in [5.41, 5.74) is 3.10. The average Bonchev–Trinajstić information content (AvgIpc) is 2.76. The molecule has 2 aromatic carbocycles. The molecule has 0 atom stereocenters. The van der Waals surface area contributed by atoms with E-state index >= 15 is 0 Å². The Balaban J connectivity index is 1.56. The Morgan fingerprint density at radius 3 is 2.68 bits per heavy atom. The molecule has 31 heavy (non-hydrogen) atoms. The third kappa shape index (κ3) is 4.76. The van der Waals surface area contributed by atoms with Crippen molar-refractivity contribution in [3.63, 3.8) is 0 Å². The molecule has 0 bridgehead atoms. The number of aromatic nitrogens is 2. The largest absolute Gasteiger partial charge is 0.339 e. The molecule has 2 heterocycles. The molecule has 0 spiro atoms. The van der Waals surface area contributed by atoms with E-state index in [9.17, 15) is 13.2 Å². The summed E-state index contributed by atoms with van der Waals surface area (Å²) >= 11 is 6.26. The van der Waals surface area contributed by atoms with Gasteiger partial charge in [-0.25, -0.2) is 18.1 Å². The Hall–Kier alpha value is -3.21. The van der Waals surface area contributed by atoms with Crippen LogP contribution in [0.15, 0.2) is 53.6 Å². The molecule has 4 rings (SSSR count). The Morgan fingerprint density at radius 2 is 1.87 bits per heavy atom. The van der Waals surface area contributed by atoms with Gasteiger partial charge in [-0.3, -0.25) is 4.79 Å². The van der Waals surface area contributed by atoms with Gasteiger partial charge < -0.3 is 16.0 Å². The number of nitrogens with zero attached hydrogens (tertiary/aromatic N) is 2. The summed E-state index contributed by atoms with van der Waals surface area (Å²) in [7, 11) is -2.22. The van der Waals surface area contributed by atoms with Crippen molar-refractivity contribution >= 4 is 56.4 Å². The second kappa shape index (κ2) is 8.50. The van der Waals surface area contributed by atoms with Gasteiger partial charge in [0.25, 0.3) is 0 Å². The summed E-state index contributed by atoms with van der Waals surface area (Å²) in [6, 6.07) is 11.9. The highest BCUT2D eigenvalue weighted by Crippen LogP contribution is 2.29. The van der Waals surface area contributed by atoms with Crippen LogP contribution in [0.4, 0.5) is 28.8 Å². The van der Waals surface area contributed by atoms with E-state index in [-0.39, 0.29) is 16.8 Å². The number of fused-ring (bicyclic) bond motifs is 1. The molecular weight excluding hydrogens is 440 g/mol. The van der Waals surface area contributed by atoms with Crippen LogP contribution in [0, 0.1) is 0 Å². The molecule has 0 aliphatic carbocycles. The van der Waals surface area contributed by atoms with Gasteiger partial charge in [0.2, 0.25) is 21.9 Å². The number of amides is 1. The SMILES string of the molecule is CNS(=O)(=O)c1cccc(Nc2ncc(Cl)c(Nc3ccc4c(c3)CCC(=O)N4)n2)c1. The normalized spacial score (nSPS) is 13.3. The van der Waals surface area contributed by atoms with Crippen LogP contribution in [0.2, 0.25) is 5.02 Å². The van der Waals surface area contributed by atoms with E-state index in [1.54, 1.807) is 12.1 Å². The first-order valence-electron chi connectivity index (χ1n) is 9.37. The van der Waals surface area contributed by atoms with Crippen LogP contribution in [0.5, 0.6) is 0 Å². The van der Waals surface area contributed by atoms with E-state index in [4.69, 9.17) is 11.6 Å². The number of nitrogens with one attached hydrogen (secondary N) is 4. The number of carbonyl (C=O) groups excluding carboxylic acids is 1. The zero-order chi connectivity index (χ0) is 22.0. The van der Waals surface area contributed by atoms with Crippen LogP contribution in [-0.4, -0.2) is 31.3 Å². The lowest BCUT2D eigenvalue weighted by molar-refractivity contribution is -0.116. The van der Waals surface area contributed by atoms with Gasteiger partial charge >= 0.3 is 0 Å². The maximum Gasteiger partial charge on any atom is 0.240 e. The van der Waals surface area contributed by atoms with Crippen LogP contribution in [0.3, 0.4) is 0 Å². The molecule has 0 radical (unpaired) electrons. The fraction of sp³-hybridized carbons (Fsp3) is 0.150. The highest BCUT2D eigenvalue weighted by molar-refractivity contribution is 7.89. The molecule has 9 nitrogen and oxygen atoms in total. The molecule has 0 saturated heterocycles. The molecular formula is C20H19ClN6O3S. The van der Waals surface area contributed by atoms with Crippen molar-refractivity contribution < 1.29 is 13.2 Å². The monoisotopic (exact) mass is 458 g/mol. The van der Waals surface area contributed by atoms with Gasteiger partial charge in [-0.2, -0.15) is 4.98 Å². The summed E-state index contributed by atoms with van der Waals surface area (Å²) < 4.78 is 26.3. The van der Waals surface area contributed by atoms with Crippen molar-refractivity contribution in [2.24, 2.45) is 0 Å². The van der Waals surface area contributed by atoms with Crippen LogP contribution in [-0.2, 0) is 21.2 Å². The van der Waals surface area contributed by atoms with Gasteiger partial charge in [0.1, 0.15) is 5.02 Å². The number of rotatable bonds is 6. The fourth-order valence-electron chi connectivity index (χ4n) is 3.10. The summed E-state index contributed by atoms with van der Waals surface area (Å²) in [6.07, 6.45) is 2.56. The number of aryl methyl sites for hydroxylation is 1. The second-order valence-corrected chi connectivity index (χ2v) is 9.09. The number of carbonyl (C=O) groups is 1. The van der Waals surface area contributed by atoms with Gasteiger partial charge in [-0.15, -0.1) is 0 Å². The molecule has 1 amide bonds. The van der Waals surface area contributed by atoms with E-state index in [1.807, 2.05) is 18.2 Å². The molecule has 1 aliphatic heterocycles. The van der Waals surface area contributed by atoms with Crippen LogP contribution in [0.1, 0.15) is 12.0 Å². The van der Waals surface area contributed by atoms with Gasteiger partial charge in [0, 0.05) is 23.5 Å². The van der Waals surface area contributed by atoms with Crippen molar-refractivity contribution in [3.05, 3.63) is 59.2 Å². The van der Waals surface area contributed by atoms with Crippen molar-refractivity contribution in [1.29, 1.82) is 0 Å². The summed E-state index contributed by atoms with van der Waals surface area (Å²) in [5, 5.41) is 9.32. The van der Waals surface area contributed by atoms with E-state index in [2.05, 4.69) is 30.6 Å². The van der Waals surface area contributed by atoms with Crippen LogP contribution in [0.25, 0.3) is 0 Å². The molecule has 0 saturated carbocycles. The predicted octanol–water partition coefficient (Wildman–Crippen LogP) is 3.41. The van der Waals surface area contributed by atoms with Crippen molar-refractivity contribution in [3.8, 4) is 0 Å². The molecule has 0 fully saturated rings. The van der Waals surface area contributed by atoms with Gasteiger partial charge in [0.15, 0.2) is 5.82 Å². The first-order valence-corrected chi connectivity index (χ1v) is 11.2. The number of halogens is 1. The maximum absolute atomic E-state index is 12.0. The van der Waals surface area contributed by atoms with Crippen LogP contribution >= 0.6 is 11.6 Å². The topological polar surface area (TPSA) is 125 Å². The van der Waals surface area contributed by atoms with Crippen molar-refractivity contribution in [2.45, 2.75) is 17.7 Å². The first kappa shape index (κ1) is 21.0. The van der Waals surface area contributed by atoms with Crippen molar-refractivity contribution in [1.82, 2.24) is 14.7 Å². The predicted molar refractivity (Wildman–Crippen MR) is 120 cm³/mol. The average molecular weight is 459 g/mol. The Labute approximate surface area is 184 Å². The molecule has 3 aromatic rings. The first-order chi connectivity index (χ1) is 14.8. The minimum absolute atomic E-state index is 0.00866. The summed E-state index contributed by atoms with van der Waals surface area (Å²) in [5.74, 6) is 0.642. The number of hydrogen-bond donors (Lipinski definition) is 4. The number of benzene rings is 2. The highest BCUT2D eigenvalue weighted by atomic mass is 35.5. The Morgan fingerprint density at radius 1 is 1.06 bits per heavy atom. The van der Waals surface area contributed by atoms with Gasteiger partial charge in [-0.1, -0.05) is 17.7 Å². The van der Waals surface area contributed by atoms with Crippen molar-refractivity contribution in [2.75, 3.05) is 23.0 Å². The molecule has 1 aliphatic rings. The molecule has 11 heteroatoms. The summed E-state index contributed by atoms with van der Waals surface area (Å²) in [4.78, 5) is 20.2. The van der Waals surface area contributed by atoms with Gasteiger partial charge in [-0.05, 0) is 55.4 Å². The zero-order valence-electron chi connectivity index (χ0n) is 16.4. The van der Waals surface area contributed by atoms with E-state index in [1.165, 1.54) is 25.4 Å². The minimum Gasteiger partial charge on any atom is -0.339 e. The third-order valence-corrected chi connectivity index (χ3v) is 6.37. The number of sulfonamides is 1. The smallest absolute Gasteiger partial charge is 0.240 e. The Bertz CT molecular complexity index is 1270. The lowest BCUT2D eigenvalue weighted by Crippen LogP contribution is -2.18. The third-order valence-electron chi connectivity index (χ3n) is 4.68. The zero-order valence-corrected chi connectivity index (χ0v) is 18.0. The molecule has 160 valence electrons. The fourth-order valence-corrected chi connectivity index (χ4v) is 4.01. The summed E-state index contributed by atoms with van der Waals surface area (Å²) in [6.45, 7) is 0. The standard InChI is InChI=1S/C20H19ClN6O3S/c1-22-31(29,30)15-4-2-3-13(10-15)25-20-23-11-16(21)19(27-20)24-14-6-7-17-12(9-14)5-8-18(28)26-17/h2-4,6-7,9-11,22H,5,8H2,1H3,(H,26,28)(H2,23,24,25,27). The molecule has 1 aromatic heterocycles. The van der Waals surface area contributed by atoms with Gasteiger partial charge in [0.05, 0.1) is 11.1 Å². The Kier molecular flexibility index (Phi) is 5.77. The van der Waals surface area contributed by atoms with Crippen LogP contribution < -0.4 is 20.7 Å².